The highest BCUT2D eigenvalue weighted by Crippen LogP contribution is 2.40. The van der Waals surface area contributed by atoms with Gasteiger partial charge >= 0.3 is 5.97 Å². The fraction of sp³-hybridized carbons (Fsp3) is 0.500. The first-order valence-electron chi connectivity index (χ1n) is 6.14. The molecule has 1 fully saturated rings. The molecule has 3 nitrogen and oxygen atoms in total. The largest absolute Gasteiger partial charge is 0.481 e. The minimum atomic E-state index is -0.725. The summed E-state index contributed by atoms with van der Waals surface area (Å²) in [5.74, 6) is -0.536. The van der Waals surface area contributed by atoms with Crippen molar-refractivity contribution in [3.63, 3.8) is 0 Å². The third kappa shape index (κ3) is 2.61. The van der Waals surface area contributed by atoms with Crippen molar-refractivity contribution < 1.29 is 9.90 Å². The summed E-state index contributed by atoms with van der Waals surface area (Å²) in [6.45, 7) is 5.03. The van der Waals surface area contributed by atoms with Crippen LogP contribution in [0.3, 0.4) is 0 Å². The van der Waals surface area contributed by atoms with Crippen molar-refractivity contribution in [1.82, 2.24) is 0 Å². The van der Waals surface area contributed by atoms with E-state index in [9.17, 15) is 4.79 Å². The van der Waals surface area contributed by atoms with Gasteiger partial charge in [0.25, 0.3) is 0 Å². The summed E-state index contributed by atoms with van der Waals surface area (Å²) in [5.41, 5.74) is 0.947. The molecule has 1 heterocycles. The second-order valence-electron chi connectivity index (χ2n) is 5.54. The number of nitrogens with zero attached hydrogens (tertiary/aromatic N) is 1. The maximum absolute atomic E-state index is 10.8. The van der Waals surface area contributed by atoms with Crippen LogP contribution in [0.4, 0.5) is 5.69 Å². The van der Waals surface area contributed by atoms with E-state index in [-0.39, 0.29) is 17.9 Å². The molecule has 0 aromatic heterocycles. The number of carbonyl (C=O) groups is 1. The molecular formula is C14H18ClNO2. The number of para-hydroxylation sites is 1. The van der Waals surface area contributed by atoms with E-state index in [0.29, 0.717) is 0 Å². The number of hydrogen-bond acceptors (Lipinski definition) is 2. The minimum Gasteiger partial charge on any atom is -0.481 e. The van der Waals surface area contributed by atoms with Gasteiger partial charge in [-0.15, -0.1) is 0 Å². The Labute approximate surface area is 112 Å². The molecule has 0 bridgehead atoms. The Morgan fingerprint density at radius 1 is 1.50 bits per heavy atom. The molecule has 1 aliphatic heterocycles. The van der Waals surface area contributed by atoms with E-state index >= 15 is 0 Å². The monoisotopic (exact) mass is 267 g/mol. The number of carboxylic acid groups (broad SMARTS) is 1. The molecule has 18 heavy (non-hydrogen) atoms. The Morgan fingerprint density at radius 2 is 2.17 bits per heavy atom. The minimum absolute atomic E-state index is 0.0505. The van der Waals surface area contributed by atoms with Crippen molar-refractivity contribution in [2.75, 3.05) is 11.4 Å². The third-order valence-corrected chi connectivity index (χ3v) is 3.89. The summed E-state index contributed by atoms with van der Waals surface area (Å²) in [5, 5.41) is 9.63. The molecule has 1 saturated heterocycles. The molecule has 0 amide bonds. The average Bonchev–Trinajstić information content (AvgIpc) is 2.53. The molecule has 1 unspecified atom stereocenters. The average molecular weight is 268 g/mol. The van der Waals surface area contributed by atoms with E-state index in [1.165, 1.54) is 0 Å². The van der Waals surface area contributed by atoms with Gasteiger partial charge in [0.05, 0.1) is 10.7 Å². The normalized spacial score (nSPS) is 22.2. The van der Waals surface area contributed by atoms with Gasteiger partial charge in [-0.25, -0.2) is 0 Å². The third-order valence-electron chi connectivity index (χ3n) is 3.57. The van der Waals surface area contributed by atoms with Crippen LogP contribution in [0.1, 0.15) is 26.7 Å². The zero-order valence-corrected chi connectivity index (χ0v) is 11.4. The van der Waals surface area contributed by atoms with Crippen LogP contribution in [0.15, 0.2) is 24.3 Å². The highest BCUT2D eigenvalue weighted by molar-refractivity contribution is 6.33. The molecule has 1 aromatic carbocycles. The smallest absolute Gasteiger partial charge is 0.303 e. The second kappa shape index (κ2) is 4.81. The van der Waals surface area contributed by atoms with Gasteiger partial charge in [-0.1, -0.05) is 23.7 Å². The maximum atomic E-state index is 10.8. The van der Waals surface area contributed by atoms with Crippen molar-refractivity contribution in [1.29, 1.82) is 0 Å². The first kappa shape index (κ1) is 13.2. The summed E-state index contributed by atoms with van der Waals surface area (Å²) >= 11 is 6.23. The topological polar surface area (TPSA) is 40.5 Å². The lowest BCUT2D eigenvalue weighted by molar-refractivity contribution is -0.137. The van der Waals surface area contributed by atoms with Gasteiger partial charge in [-0.05, 0) is 38.3 Å². The van der Waals surface area contributed by atoms with Gasteiger partial charge in [0.15, 0.2) is 0 Å². The van der Waals surface area contributed by atoms with Crippen molar-refractivity contribution in [3.8, 4) is 0 Å². The van der Waals surface area contributed by atoms with Crippen molar-refractivity contribution in [3.05, 3.63) is 29.3 Å². The zero-order valence-electron chi connectivity index (χ0n) is 10.7. The molecule has 1 aromatic rings. The van der Waals surface area contributed by atoms with E-state index in [1.807, 2.05) is 24.3 Å². The number of halogens is 1. The molecule has 1 aliphatic rings. The van der Waals surface area contributed by atoms with Crippen LogP contribution >= 0.6 is 11.6 Å². The van der Waals surface area contributed by atoms with Crippen molar-refractivity contribution in [2.45, 2.75) is 32.2 Å². The molecule has 4 heteroatoms. The highest BCUT2D eigenvalue weighted by atomic mass is 35.5. The number of rotatable bonds is 3. The molecule has 0 aliphatic carbocycles. The standard InChI is InChI=1S/C14H18ClNO2/c1-14(2)8-10(7-13(17)18)9-16(14)12-6-4-3-5-11(12)15/h3-6,10H,7-9H2,1-2H3,(H,17,18). The van der Waals surface area contributed by atoms with Crippen LogP contribution in [0.2, 0.25) is 5.02 Å². The fourth-order valence-electron chi connectivity index (χ4n) is 2.87. The van der Waals surface area contributed by atoms with E-state index < -0.39 is 5.97 Å². The number of aliphatic carboxylic acids is 1. The predicted octanol–water partition coefficient (Wildman–Crippen LogP) is 3.42. The molecule has 1 N–H and O–H groups in total. The van der Waals surface area contributed by atoms with Gasteiger partial charge in [0.1, 0.15) is 0 Å². The first-order chi connectivity index (χ1) is 8.40. The Kier molecular flexibility index (Phi) is 3.53. The number of anilines is 1. The number of benzene rings is 1. The van der Waals surface area contributed by atoms with Crippen molar-refractivity contribution >= 4 is 23.3 Å². The Balaban J connectivity index is 2.23. The van der Waals surface area contributed by atoms with Gasteiger partial charge in [-0.2, -0.15) is 0 Å². The van der Waals surface area contributed by atoms with E-state index in [0.717, 1.165) is 23.7 Å². The van der Waals surface area contributed by atoms with E-state index in [1.54, 1.807) is 0 Å². The summed E-state index contributed by atoms with van der Waals surface area (Å²) in [4.78, 5) is 13.1. The van der Waals surface area contributed by atoms with Gasteiger partial charge in [-0.3, -0.25) is 4.79 Å². The highest BCUT2D eigenvalue weighted by Gasteiger charge is 2.39. The maximum Gasteiger partial charge on any atom is 0.303 e. The molecule has 2 rings (SSSR count). The summed E-state index contributed by atoms with van der Waals surface area (Å²) in [6.07, 6.45) is 1.11. The van der Waals surface area contributed by atoms with Gasteiger partial charge < -0.3 is 10.0 Å². The Bertz CT molecular complexity index is 459. The molecule has 0 saturated carbocycles. The zero-order chi connectivity index (χ0) is 13.3. The first-order valence-corrected chi connectivity index (χ1v) is 6.52. The van der Waals surface area contributed by atoms with Gasteiger partial charge in [0, 0.05) is 18.5 Å². The lowest BCUT2D eigenvalue weighted by Crippen LogP contribution is -2.38. The fourth-order valence-corrected chi connectivity index (χ4v) is 3.10. The van der Waals surface area contributed by atoms with Crippen LogP contribution in [0.5, 0.6) is 0 Å². The molecule has 1 atom stereocenters. The Morgan fingerprint density at radius 3 is 2.78 bits per heavy atom. The molecule has 0 spiro atoms. The SMILES string of the molecule is CC1(C)CC(CC(=O)O)CN1c1ccccc1Cl. The summed E-state index contributed by atoms with van der Waals surface area (Å²) in [6, 6.07) is 7.73. The van der Waals surface area contributed by atoms with E-state index in [2.05, 4.69) is 18.7 Å². The summed E-state index contributed by atoms with van der Waals surface area (Å²) < 4.78 is 0. The molecule has 98 valence electrons. The lowest BCUT2D eigenvalue weighted by Gasteiger charge is -2.34. The number of hydrogen-bond donors (Lipinski definition) is 1. The lowest BCUT2D eigenvalue weighted by atomic mass is 9.94. The quantitative estimate of drug-likeness (QED) is 0.912. The van der Waals surface area contributed by atoms with Crippen LogP contribution < -0.4 is 4.90 Å². The molecule has 0 radical (unpaired) electrons. The predicted molar refractivity (Wildman–Crippen MR) is 73.2 cm³/mol. The van der Waals surface area contributed by atoms with E-state index in [4.69, 9.17) is 16.7 Å². The number of carboxylic acids is 1. The van der Waals surface area contributed by atoms with Crippen molar-refractivity contribution in [2.24, 2.45) is 5.92 Å². The second-order valence-corrected chi connectivity index (χ2v) is 5.95. The van der Waals surface area contributed by atoms with Gasteiger partial charge in [0.2, 0.25) is 0 Å². The molecular weight excluding hydrogens is 250 g/mol. The van der Waals surface area contributed by atoms with Crippen LogP contribution in [0.25, 0.3) is 0 Å². The van der Waals surface area contributed by atoms with Crippen LogP contribution in [-0.4, -0.2) is 23.2 Å². The van der Waals surface area contributed by atoms with Crippen LogP contribution in [0, 0.1) is 5.92 Å². The summed E-state index contributed by atoms with van der Waals surface area (Å²) in [7, 11) is 0. The Hall–Kier alpha value is -1.22. The van der Waals surface area contributed by atoms with Crippen LogP contribution in [-0.2, 0) is 4.79 Å².